The lowest BCUT2D eigenvalue weighted by molar-refractivity contribution is -0.119. The number of methoxy groups -OCH3 is 1. The molecular formula is C14H20N2O3. The van der Waals surface area contributed by atoms with E-state index in [4.69, 9.17) is 15.2 Å². The Balaban J connectivity index is 2.23. The standard InChI is InChI=1S/C14H20N2O3/c1-3-19-13-7-11-8-16(9-14(15)17)5-4-10(11)6-12(13)18-2/h6-7H,3-5,8-9H2,1-2H3,(H2,15,17). The molecular weight excluding hydrogens is 244 g/mol. The molecule has 1 amide bonds. The Hall–Kier alpha value is -1.75. The first-order valence-corrected chi connectivity index (χ1v) is 6.47. The van der Waals surface area contributed by atoms with Crippen LogP contribution in [0.3, 0.4) is 0 Å². The second-order valence-electron chi connectivity index (χ2n) is 4.63. The Kier molecular flexibility index (Phi) is 4.27. The number of hydrogen-bond donors (Lipinski definition) is 1. The van der Waals surface area contributed by atoms with E-state index in [1.165, 1.54) is 11.1 Å². The van der Waals surface area contributed by atoms with Gasteiger partial charge in [-0.15, -0.1) is 0 Å². The van der Waals surface area contributed by atoms with E-state index in [2.05, 4.69) is 0 Å². The maximum absolute atomic E-state index is 11.0. The van der Waals surface area contributed by atoms with Gasteiger partial charge in [0, 0.05) is 13.1 Å². The molecule has 19 heavy (non-hydrogen) atoms. The summed E-state index contributed by atoms with van der Waals surface area (Å²) in [6, 6.07) is 4.03. The highest BCUT2D eigenvalue weighted by Gasteiger charge is 2.20. The molecule has 1 aliphatic rings. The average molecular weight is 264 g/mol. The first kappa shape index (κ1) is 13.7. The fourth-order valence-electron chi connectivity index (χ4n) is 2.41. The molecule has 0 aromatic heterocycles. The van der Waals surface area contributed by atoms with Crippen LogP contribution in [0.4, 0.5) is 0 Å². The Morgan fingerprint density at radius 1 is 1.37 bits per heavy atom. The third-order valence-electron chi connectivity index (χ3n) is 3.26. The Morgan fingerprint density at radius 2 is 2.11 bits per heavy atom. The summed E-state index contributed by atoms with van der Waals surface area (Å²) in [4.78, 5) is 13.0. The minimum Gasteiger partial charge on any atom is -0.493 e. The second-order valence-corrected chi connectivity index (χ2v) is 4.63. The number of hydrogen-bond acceptors (Lipinski definition) is 4. The van der Waals surface area contributed by atoms with Gasteiger partial charge in [-0.2, -0.15) is 0 Å². The summed E-state index contributed by atoms with van der Waals surface area (Å²) in [5.74, 6) is 1.23. The van der Waals surface area contributed by atoms with Crippen LogP contribution in [-0.4, -0.2) is 37.6 Å². The van der Waals surface area contributed by atoms with Crippen LogP contribution in [0.15, 0.2) is 12.1 Å². The van der Waals surface area contributed by atoms with E-state index >= 15 is 0 Å². The van der Waals surface area contributed by atoms with E-state index in [-0.39, 0.29) is 5.91 Å². The number of carbonyl (C=O) groups excluding carboxylic acids is 1. The summed E-state index contributed by atoms with van der Waals surface area (Å²) in [7, 11) is 1.65. The Morgan fingerprint density at radius 3 is 2.74 bits per heavy atom. The zero-order valence-electron chi connectivity index (χ0n) is 11.4. The first-order chi connectivity index (χ1) is 9.13. The zero-order chi connectivity index (χ0) is 13.8. The van der Waals surface area contributed by atoms with Crippen LogP contribution < -0.4 is 15.2 Å². The van der Waals surface area contributed by atoms with Crippen molar-refractivity contribution in [3.63, 3.8) is 0 Å². The van der Waals surface area contributed by atoms with Gasteiger partial charge in [-0.05, 0) is 36.6 Å². The SMILES string of the molecule is CCOc1cc2c(cc1OC)CCN(CC(N)=O)C2. The number of rotatable bonds is 5. The highest BCUT2D eigenvalue weighted by atomic mass is 16.5. The van der Waals surface area contributed by atoms with E-state index in [0.29, 0.717) is 13.2 Å². The number of nitrogens with zero attached hydrogens (tertiary/aromatic N) is 1. The lowest BCUT2D eigenvalue weighted by Crippen LogP contribution is -2.37. The van der Waals surface area contributed by atoms with Crippen LogP contribution in [0.5, 0.6) is 11.5 Å². The molecule has 0 bridgehead atoms. The van der Waals surface area contributed by atoms with E-state index in [0.717, 1.165) is 31.0 Å². The molecule has 0 radical (unpaired) electrons. The minimum atomic E-state index is -0.290. The lowest BCUT2D eigenvalue weighted by atomic mass is 9.99. The van der Waals surface area contributed by atoms with Crippen LogP contribution in [0.25, 0.3) is 0 Å². The van der Waals surface area contributed by atoms with Gasteiger partial charge in [-0.25, -0.2) is 0 Å². The molecule has 2 N–H and O–H groups in total. The van der Waals surface area contributed by atoms with Gasteiger partial charge in [0.2, 0.25) is 5.91 Å². The van der Waals surface area contributed by atoms with Crippen molar-refractivity contribution in [2.24, 2.45) is 5.73 Å². The molecule has 0 saturated carbocycles. The van der Waals surface area contributed by atoms with Crippen LogP contribution >= 0.6 is 0 Å². The van der Waals surface area contributed by atoms with E-state index in [1.54, 1.807) is 7.11 Å². The Labute approximate surface area is 113 Å². The van der Waals surface area contributed by atoms with Gasteiger partial charge in [0.25, 0.3) is 0 Å². The maximum atomic E-state index is 11.0. The molecule has 1 aliphatic heterocycles. The summed E-state index contributed by atoms with van der Waals surface area (Å²) < 4.78 is 10.9. The lowest BCUT2D eigenvalue weighted by Gasteiger charge is -2.28. The Bertz CT molecular complexity index is 474. The highest BCUT2D eigenvalue weighted by molar-refractivity contribution is 5.76. The highest BCUT2D eigenvalue weighted by Crippen LogP contribution is 2.33. The number of nitrogens with two attached hydrogens (primary N) is 1. The summed E-state index contributed by atoms with van der Waals surface area (Å²) >= 11 is 0. The van der Waals surface area contributed by atoms with Crippen molar-refractivity contribution in [2.75, 3.05) is 26.8 Å². The molecule has 2 rings (SSSR count). The second kappa shape index (κ2) is 5.93. The molecule has 0 saturated heterocycles. The third-order valence-corrected chi connectivity index (χ3v) is 3.26. The first-order valence-electron chi connectivity index (χ1n) is 6.47. The fourth-order valence-corrected chi connectivity index (χ4v) is 2.41. The minimum absolute atomic E-state index is 0.290. The average Bonchev–Trinajstić information content (AvgIpc) is 2.37. The molecule has 5 nitrogen and oxygen atoms in total. The number of ether oxygens (including phenoxy) is 2. The quantitative estimate of drug-likeness (QED) is 0.859. The number of primary amides is 1. The van der Waals surface area contributed by atoms with Crippen molar-refractivity contribution in [1.29, 1.82) is 0 Å². The maximum Gasteiger partial charge on any atom is 0.231 e. The van der Waals surface area contributed by atoms with Crippen molar-refractivity contribution < 1.29 is 14.3 Å². The predicted octanol–water partition coefficient (Wildman–Crippen LogP) is 0.937. The smallest absolute Gasteiger partial charge is 0.231 e. The van der Waals surface area contributed by atoms with Crippen molar-refractivity contribution >= 4 is 5.91 Å². The van der Waals surface area contributed by atoms with Crippen LogP contribution in [0.1, 0.15) is 18.1 Å². The van der Waals surface area contributed by atoms with E-state index in [1.807, 2.05) is 24.0 Å². The topological polar surface area (TPSA) is 64.8 Å². The van der Waals surface area contributed by atoms with Gasteiger partial charge in [-0.3, -0.25) is 9.69 Å². The van der Waals surface area contributed by atoms with Gasteiger partial charge < -0.3 is 15.2 Å². The normalized spacial score (nSPS) is 14.8. The summed E-state index contributed by atoms with van der Waals surface area (Å²) in [5, 5.41) is 0. The van der Waals surface area contributed by atoms with Crippen molar-refractivity contribution in [3.8, 4) is 11.5 Å². The van der Waals surface area contributed by atoms with Crippen molar-refractivity contribution in [1.82, 2.24) is 4.90 Å². The van der Waals surface area contributed by atoms with Crippen molar-refractivity contribution in [2.45, 2.75) is 19.9 Å². The number of amides is 1. The molecule has 0 fully saturated rings. The molecule has 0 unspecified atom stereocenters. The molecule has 0 atom stereocenters. The third kappa shape index (κ3) is 3.17. The summed E-state index contributed by atoms with van der Waals surface area (Å²) in [5.41, 5.74) is 7.67. The number of fused-ring (bicyclic) bond motifs is 1. The van der Waals surface area contributed by atoms with Gasteiger partial charge in [0.05, 0.1) is 20.3 Å². The molecule has 104 valence electrons. The molecule has 5 heteroatoms. The van der Waals surface area contributed by atoms with Crippen molar-refractivity contribution in [3.05, 3.63) is 23.3 Å². The van der Waals surface area contributed by atoms with Gasteiger partial charge in [-0.1, -0.05) is 0 Å². The van der Waals surface area contributed by atoms with Gasteiger partial charge >= 0.3 is 0 Å². The molecule has 1 aromatic rings. The van der Waals surface area contributed by atoms with E-state index in [9.17, 15) is 4.79 Å². The largest absolute Gasteiger partial charge is 0.493 e. The molecule has 1 heterocycles. The zero-order valence-corrected chi connectivity index (χ0v) is 11.4. The molecule has 0 aliphatic carbocycles. The molecule has 0 spiro atoms. The molecule has 1 aromatic carbocycles. The van der Waals surface area contributed by atoms with Gasteiger partial charge in [0.1, 0.15) is 0 Å². The number of carbonyl (C=O) groups is 1. The summed E-state index contributed by atoms with van der Waals surface area (Å²) in [6.45, 7) is 4.41. The van der Waals surface area contributed by atoms with Crippen LogP contribution in [0, 0.1) is 0 Å². The monoisotopic (exact) mass is 264 g/mol. The fraction of sp³-hybridized carbons (Fsp3) is 0.500. The van der Waals surface area contributed by atoms with Crippen LogP contribution in [0.2, 0.25) is 0 Å². The van der Waals surface area contributed by atoms with Gasteiger partial charge in [0.15, 0.2) is 11.5 Å². The predicted molar refractivity (Wildman–Crippen MR) is 72.3 cm³/mol. The number of benzene rings is 1. The van der Waals surface area contributed by atoms with Crippen LogP contribution in [-0.2, 0) is 17.8 Å². The van der Waals surface area contributed by atoms with E-state index < -0.39 is 0 Å². The summed E-state index contributed by atoms with van der Waals surface area (Å²) in [6.07, 6.45) is 0.894.